The molecule has 8 heteroatoms. The number of benzene rings is 2. The van der Waals surface area contributed by atoms with Gasteiger partial charge in [0.15, 0.2) is 0 Å². The normalized spacial score (nSPS) is 15.7. The van der Waals surface area contributed by atoms with Crippen LogP contribution in [0.15, 0.2) is 60.7 Å². The van der Waals surface area contributed by atoms with Crippen molar-refractivity contribution in [3.05, 3.63) is 88.2 Å². The Bertz CT molecular complexity index is 1280. The fraction of sp³-hybridized carbons (Fsp3) is 0.167. The van der Waals surface area contributed by atoms with Crippen LogP contribution in [-0.4, -0.2) is 31.4 Å². The van der Waals surface area contributed by atoms with Gasteiger partial charge >= 0.3 is 0 Å². The zero-order chi connectivity index (χ0) is 22.2. The van der Waals surface area contributed by atoms with Crippen molar-refractivity contribution in [3.8, 4) is 17.2 Å². The number of nitrogens with one attached hydrogen (secondary N) is 1. The van der Waals surface area contributed by atoms with Crippen LogP contribution in [0.4, 0.5) is 5.82 Å². The summed E-state index contributed by atoms with van der Waals surface area (Å²) in [7, 11) is 0. The molecule has 6 nitrogen and oxygen atoms in total. The molecule has 1 amide bonds. The number of carbonyl (C=O) groups excluding carboxylic acids is 1. The minimum absolute atomic E-state index is 0.0807. The van der Waals surface area contributed by atoms with Crippen LogP contribution in [0, 0.1) is 13.8 Å². The number of halogens is 1. The second kappa shape index (κ2) is 8.41. The minimum Gasteiger partial charge on any atom is -0.309 e. The zero-order valence-electron chi connectivity index (χ0n) is 17.5. The first kappa shape index (κ1) is 20.7. The van der Waals surface area contributed by atoms with E-state index in [9.17, 15) is 4.79 Å². The number of rotatable bonds is 3. The van der Waals surface area contributed by atoms with Gasteiger partial charge in [0.05, 0.1) is 16.7 Å². The molecule has 0 spiro atoms. The number of fused-ring (bicyclic) bond motifs is 1. The van der Waals surface area contributed by atoms with Gasteiger partial charge in [0.1, 0.15) is 5.82 Å². The SMILES string of the molecule is Cc1cc(C)nc(-n2nc(-c3ccc(Cl)cc3)c3c2NC(=O)CSC3c2ccccc2)n1. The predicted molar refractivity (Wildman–Crippen MR) is 128 cm³/mol. The number of amides is 1. The highest BCUT2D eigenvalue weighted by Crippen LogP contribution is 2.46. The molecule has 1 unspecified atom stereocenters. The van der Waals surface area contributed by atoms with Crippen molar-refractivity contribution in [2.75, 3.05) is 11.1 Å². The Morgan fingerprint density at radius 3 is 2.41 bits per heavy atom. The highest BCUT2D eigenvalue weighted by Gasteiger charge is 2.33. The number of hydrogen-bond donors (Lipinski definition) is 1. The van der Waals surface area contributed by atoms with Gasteiger partial charge in [0.2, 0.25) is 5.91 Å². The van der Waals surface area contributed by atoms with Gasteiger partial charge in [-0.1, -0.05) is 54.1 Å². The van der Waals surface area contributed by atoms with Crippen LogP contribution in [-0.2, 0) is 4.79 Å². The van der Waals surface area contributed by atoms with E-state index in [1.54, 1.807) is 16.4 Å². The molecule has 0 bridgehead atoms. The Balaban J connectivity index is 1.80. The summed E-state index contributed by atoms with van der Waals surface area (Å²) >= 11 is 7.72. The first-order valence-corrected chi connectivity index (χ1v) is 11.6. The maximum atomic E-state index is 12.7. The summed E-state index contributed by atoms with van der Waals surface area (Å²) < 4.78 is 1.65. The molecule has 2 aromatic heterocycles. The number of hydrogen-bond acceptors (Lipinski definition) is 5. The van der Waals surface area contributed by atoms with Crippen molar-refractivity contribution < 1.29 is 4.79 Å². The lowest BCUT2D eigenvalue weighted by molar-refractivity contribution is -0.113. The lowest BCUT2D eigenvalue weighted by Gasteiger charge is -2.16. The molecule has 3 heterocycles. The Labute approximate surface area is 195 Å². The van der Waals surface area contributed by atoms with Crippen molar-refractivity contribution in [2.45, 2.75) is 19.1 Å². The molecule has 2 aromatic carbocycles. The largest absolute Gasteiger partial charge is 0.309 e. The summed E-state index contributed by atoms with van der Waals surface area (Å²) in [4.78, 5) is 21.9. The fourth-order valence-electron chi connectivity index (χ4n) is 3.87. The number of anilines is 1. The number of aromatic nitrogens is 4. The molecule has 32 heavy (non-hydrogen) atoms. The second-order valence-electron chi connectivity index (χ2n) is 7.63. The molecule has 0 radical (unpaired) electrons. The van der Waals surface area contributed by atoms with Gasteiger partial charge < -0.3 is 5.32 Å². The smallest absolute Gasteiger partial charge is 0.252 e. The van der Waals surface area contributed by atoms with E-state index in [0.29, 0.717) is 22.5 Å². The lowest BCUT2D eigenvalue weighted by Crippen LogP contribution is -2.17. The molecular formula is C24H20ClN5OS. The summed E-state index contributed by atoms with van der Waals surface area (Å²) in [6, 6.07) is 19.6. The summed E-state index contributed by atoms with van der Waals surface area (Å²) in [5.41, 5.74) is 5.37. The van der Waals surface area contributed by atoms with E-state index in [4.69, 9.17) is 16.7 Å². The molecule has 5 rings (SSSR count). The minimum atomic E-state index is -0.0875. The number of nitrogens with zero attached hydrogens (tertiary/aromatic N) is 4. The van der Waals surface area contributed by atoms with Crippen LogP contribution in [0.5, 0.6) is 0 Å². The van der Waals surface area contributed by atoms with E-state index in [1.807, 2.05) is 62.4 Å². The van der Waals surface area contributed by atoms with Crippen molar-refractivity contribution in [1.29, 1.82) is 0 Å². The second-order valence-corrected chi connectivity index (χ2v) is 9.16. The van der Waals surface area contributed by atoms with E-state index in [1.165, 1.54) is 0 Å². The molecule has 0 aliphatic carbocycles. The van der Waals surface area contributed by atoms with Crippen LogP contribution >= 0.6 is 23.4 Å². The standard InChI is InChI=1S/C24H20ClN5OS/c1-14-12-15(2)27-24(26-14)30-23-20(21(29-30)16-8-10-18(25)11-9-16)22(32-13-19(31)28-23)17-6-4-3-5-7-17/h3-12,22H,13H2,1-2H3,(H,28,31). The number of thioether (sulfide) groups is 1. The van der Waals surface area contributed by atoms with Gasteiger partial charge in [-0.25, -0.2) is 9.97 Å². The Morgan fingerprint density at radius 2 is 1.72 bits per heavy atom. The fourth-order valence-corrected chi connectivity index (χ4v) is 5.12. The third-order valence-corrected chi connectivity index (χ3v) is 6.73. The monoisotopic (exact) mass is 461 g/mol. The zero-order valence-corrected chi connectivity index (χ0v) is 19.1. The van der Waals surface area contributed by atoms with Crippen molar-refractivity contribution in [2.24, 2.45) is 0 Å². The maximum Gasteiger partial charge on any atom is 0.252 e. The number of aryl methyl sites for hydroxylation is 2. The molecule has 0 saturated carbocycles. The first-order valence-electron chi connectivity index (χ1n) is 10.2. The third kappa shape index (κ3) is 3.89. The van der Waals surface area contributed by atoms with Crippen molar-refractivity contribution in [3.63, 3.8) is 0 Å². The first-order chi connectivity index (χ1) is 15.5. The quantitative estimate of drug-likeness (QED) is 0.443. The Hall–Kier alpha value is -3.16. The molecule has 4 aromatic rings. The predicted octanol–water partition coefficient (Wildman–Crippen LogP) is 5.37. The Kier molecular flexibility index (Phi) is 5.45. The number of carbonyl (C=O) groups is 1. The maximum absolute atomic E-state index is 12.7. The van der Waals surface area contributed by atoms with Gasteiger partial charge in [0.25, 0.3) is 5.95 Å². The van der Waals surface area contributed by atoms with Gasteiger partial charge in [-0.2, -0.15) is 9.78 Å². The summed E-state index contributed by atoms with van der Waals surface area (Å²) in [6.45, 7) is 3.84. The van der Waals surface area contributed by atoms with Crippen LogP contribution in [0.25, 0.3) is 17.2 Å². The van der Waals surface area contributed by atoms with Crippen LogP contribution < -0.4 is 5.32 Å². The molecule has 1 aliphatic rings. The molecule has 1 atom stereocenters. The van der Waals surface area contributed by atoms with Gasteiger partial charge in [-0.3, -0.25) is 4.79 Å². The highest BCUT2D eigenvalue weighted by molar-refractivity contribution is 8.00. The van der Waals surface area contributed by atoms with E-state index < -0.39 is 0 Å². The summed E-state index contributed by atoms with van der Waals surface area (Å²) in [6.07, 6.45) is 0. The molecule has 1 aliphatic heterocycles. The molecular weight excluding hydrogens is 442 g/mol. The average molecular weight is 462 g/mol. The van der Waals surface area contributed by atoms with E-state index >= 15 is 0 Å². The molecule has 0 fully saturated rings. The van der Waals surface area contributed by atoms with E-state index in [-0.39, 0.29) is 11.2 Å². The van der Waals surface area contributed by atoms with E-state index in [0.717, 1.165) is 33.8 Å². The van der Waals surface area contributed by atoms with Gasteiger partial charge in [-0.05, 0) is 37.6 Å². The molecule has 160 valence electrons. The topological polar surface area (TPSA) is 72.7 Å². The van der Waals surface area contributed by atoms with Gasteiger partial charge in [0, 0.05) is 27.5 Å². The van der Waals surface area contributed by atoms with Crippen molar-refractivity contribution in [1.82, 2.24) is 19.7 Å². The summed E-state index contributed by atoms with van der Waals surface area (Å²) in [5, 5.41) is 8.55. The molecule has 1 N–H and O–H groups in total. The van der Waals surface area contributed by atoms with Crippen LogP contribution in [0.2, 0.25) is 5.02 Å². The molecule has 0 saturated heterocycles. The van der Waals surface area contributed by atoms with Gasteiger partial charge in [-0.15, -0.1) is 11.8 Å². The highest BCUT2D eigenvalue weighted by atomic mass is 35.5. The van der Waals surface area contributed by atoms with Crippen LogP contribution in [0.3, 0.4) is 0 Å². The summed E-state index contributed by atoms with van der Waals surface area (Å²) in [5.74, 6) is 1.28. The van der Waals surface area contributed by atoms with Crippen LogP contribution in [0.1, 0.15) is 27.8 Å². The average Bonchev–Trinajstić information content (AvgIpc) is 3.04. The van der Waals surface area contributed by atoms with E-state index in [2.05, 4.69) is 27.4 Å². The lowest BCUT2D eigenvalue weighted by atomic mass is 10.00. The third-order valence-electron chi connectivity index (χ3n) is 5.20. The van der Waals surface area contributed by atoms with Crippen molar-refractivity contribution >= 4 is 35.1 Å². The Morgan fingerprint density at radius 1 is 1.03 bits per heavy atom.